The van der Waals surface area contributed by atoms with Gasteiger partial charge < -0.3 is 15.0 Å². The Bertz CT molecular complexity index is 280. The van der Waals surface area contributed by atoms with Gasteiger partial charge in [0.1, 0.15) is 12.1 Å². The van der Waals surface area contributed by atoms with E-state index < -0.39 is 17.6 Å². The number of hydrogen-bond acceptors (Lipinski definition) is 3. The van der Waals surface area contributed by atoms with Crippen LogP contribution < -0.4 is 5.32 Å². The molecule has 0 heterocycles. The van der Waals surface area contributed by atoms with Gasteiger partial charge in [0.05, 0.1) is 6.34 Å². The van der Waals surface area contributed by atoms with Crippen molar-refractivity contribution in [2.24, 2.45) is 4.99 Å². The van der Waals surface area contributed by atoms with E-state index in [0.29, 0.717) is 0 Å². The molecule has 0 rings (SSSR count). The monoisotopic (exact) mass is 229 g/mol. The summed E-state index contributed by atoms with van der Waals surface area (Å²) in [5.41, 5.74) is -0.569. The lowest BCUT2D eigenvalue weighted by molar-refractivity contribution is -0.117. The van der Waals surface area contributed by atoms with E-state index in [1.54, 1.807) is 39.8 Å². The predicted molar refractivity (Wildman–Crippen MR) is 61.4 cm³/mol. The Morgan fingerprint density at radius 3 is 2.38 bits per heavy atom. The second kappa shape index (κ2) is 6.09. The number of carbonyl (C=O) groups is 2. The lowest BCUT2D eigenvalue weighted by Crippen LogP contribution is -2.35. The van der Waals surface area contributed by atoms with E-state index >= 15 is 0 Å². The minimum atomic E-state index is -0.624. The summed E-state index contributed by atoms with van der Waals surface area (Å²) in [5.74, 6) is -0.431. The molecule has 0 spiro atoms. The molecule has 1 N–H and O–H groups in total. The Labute approximate surface area is 95.7 Å². The Kier molecular flexibility index (Phi) is 5.49. The number of amides is 2. The summed E-state index contributed by atoms with van der Waals surface area (Å²) in [4.78, 5) is 27.5. The number of carbonyl (C=O) groups excluding carboxylic acids is 2. The molecular formula is C10H19N3O3. The fraction of sp³-hybridized carbons (Fsp3) is 0.700. The van der Waals surface area contributed by atoms with Gasteiger partial charge in [-0.1, -0.05) is 0 Å². The molecule has 0 fully saturated rings. The molecule has 0 aromatic carbocycles. The summed E-state index contributed by atoms with van der Waals surface area (Å²) in [7, 11) is 3.50. The maximum absolute atomic E-state index is 11.2. The Hall–Kier alpha value is -1.59. The highest BCUT2D eigenvalue weighted by Gasteiger charge is 2.16. The second-order valence-corrected chi connectivity index (χ2v) is 4.46. The maximum Gasteiger partial charge on any atom is 0.408 e. The molecule has 0 atom stereocenters. The number of rotatable bonds is 3. The molecule has 0 aromatic rings. The summed E-state index contributed by atoms with van der Waals surface area (Å²) >= 11 is 0. The van der Waals surface area contributed by atoms with Crippen LogP contribution in [0.15, 0.2) is 4.99 Å². The number of hydrogen-bond donors (Lipinski definition) is 1. The smallest absolute Gasteiger partial charge is 0.408 e. The lowest BCUT2D eigenvalue weighted by Gasteiger charge is -2.19. The molecule has 0 unspecified atom stereocenters. The largest absolute Gasteiger partial charge is 0.444 e. The van der Waals surface area contributed by atoms with Gasteiger partial charge in [-0.2, -0.15) is 0 Å². The van der Waals surface area contributed by atoms with Gasteiger partial charge in [-0.3, -0.25) is 4.79 Å². The average Bonchev–Trinajstić information content (AvgIpc) is 2.08. The van der Waals surface area contributed by atoms with Crippen LogP contribution in [0, 0.1) is 0 Å². The van der Waals surface area contributed by atoms with Gasteiger partial charge in [-0.15, -0.1) is 0 Å². The van der Waals surface area contributed by atoms with Crippen molar-refractivity contribution >= 4 is 18.3 Å². The van der Waals surface area contributed by atoms with Crippen LogP contribution in [0.5, 0.6) is 0 Å². The number of aliphatic imine (C=N–C) groups is 1. The Balaban J connectivity index is 3.89. The van der Waals surface area contributed by atoms with Crippen molar-refractivity contribution in [2.75, 3.05) is 20.6 Å². The Morgan fingerprint density at radius 2 is 1.94 bits per heavy atom. The number of ether oxygens (including phenoxy) is 1. The quantitative estimate of drug-likeness (QED) is 0.569. The van der Waals surface area contributed by atoms with Gasteiger partial charge in [0.2, 0.25) is 0 Å². The summed E-state index contributed by atoms with van der Waals surface area (Å²) in [5, 5.41) is 2.32. The van der Waals surface area contributed by atoms with Crippen LogP contribution >= 0.6 is 0 Å². The van der Waals surface area contributed by atoms with Crippen molar-refractivity contribution in [2.45, 2.75) is 26.4 Å². The van der Waals surface area contributed by atoms with Crippen molar-refractivity contribution in [3.63, 3.8) is 0 Å². The van der Waals surface area contributed by atoms with Crippen LogP contribution in [0.4, 0.5) is 4.79 Å². The zero-order valence-corrected chi connectivity index (χ0v) is 10.4. The van der Waals surface area contributed by atoms with Crippen molar-refractivity contribution in [1.82, 2.24) is 10.2 Å². The van der Waals surface area contributed by atoms with E-state index in [9.17, 15) is 9.59 Å². The SMILES string of the molecule is CN(C)/C=N/C(=O)CNC(=O)OC(C)(C)C. The molecule has 0 saturated carbocycles. The van der Waals surface area contributed by atoms with Crippen molar-refractivity contribution in [1.29, 1.82) is 0 Å². The second-order valence-electron chi connectivity index (χ2n) is 4.46. The zero-order valence-electron chi connectivity index (χ0n) is 10.4. The molecule has 6 nitrogen and oxygen atoms in total. The summed E-state index contributed by atoms with van der Waals surface area (Å²) in [6.07, 6.45) is 0.750. The van der Waals surface area contributed by atoms with E-state index in [2.05, 4.69) is 10.3 Å². The van der Waals surface area contributed by atoms with E-state index in [0.717, 1.165) is 0 Å². The third-order valence-corrected chi connectivity index (χ3v) is 1.22. The molecule has 0 aliphatic rings. The summed E-state index contributed by atoms with van der Waals surface area (Å²) in [6.45, 7) is 5.08. The third-order valence-electron chi connectivity index (χ3n) is 1.22. The highest BCUT2D eigenvalue weighted by molar-refractivity contribution is 5.87. The normalized spacial score (nSPS) is 11.3. The topological polar surface area (TPSA) is 71.0 Å². The lowest BCUT2D eigenvalue weighted by atomic mass is 10.2. The average molecular weight is 229 g/mol. The van der Waals surface area contributed by atoms with Gasteiger partial charge in [-0.05, 0) is 20.8 Å². The number of nitrogens with one attached hydrogen (secondary N) is 1. The minimum absolute atomic E-state index is 0.167. The van der Waals surface area contributed by atoms with Gasteiger partial charge >= 0.3 is 6.09 Å². The van der Waals surface area contributed by atoms with Gasteiger partial charge in [0.25, 0.3) is 5.91 Å². The number of nitrogens with zero attached hydrogens (tertiary/aromatic N) is 2. The van der Waals surface area contributed by atoms with Crippen LogP contribution in [0.1, 0.15) is 20.8 Å². The van der Waals surface area contributed by atoms with E-state index in [4.69, 9.17) is 4.74 Å². The predicted octanol–water partition coefficient (Wildman–Crippen LogP) is 0.628. The van der Waals surface area contributed by atoms with Gasteiger partial charge in [0, 0.05) is 14.1 Å². The molecule has 16 heavy (non-hydrogen) atoms. The summed E-state index contributed by atoms with van der Waals surface area (Å²) < 4.78 is 4.95. The van der Waals surface area contributed by atoms with Crippen molar-refractivity contribution < 1.29 is 14.3 Å². The Morgan fingerprint density at radius 1 is 1.38 bits per heavy atom. The molecule has 0 aromatic heterocycles. The molecule has 0 aliphatic heterocycles. The fourth-order valence-corrected chi connectivity index (χ4v) is 0.687. The molecule has 2 amide bonds. The van der Waals surface area contributed by atoms with E-state index in [1.165, 1.54) is 6.34 Å². The zero-order chi connectivity index (χ0) is 12.8. The molecule has 0 saturated heterocycles. The molecule has 0 bridgehead atoms. The first-order chi connectivity index (χ1) is 7.20. The standard InChI is InChI=1S/C10H19N3O3/c1-10(2,3)16-9(15)11-6-8(14)12-7-13(4)5/h7H,6H2,1-5H3,(H,11,15)/b12-7+. The molecule has 0 radical (unpaired) electrons. The van der Waals surface area contributed by atoms with Crippen LogP contribution in [0.25, 0.3) is 0 Å². The van der Waals surface area contributed by atoms with E-state index in [-0.39, 0.29) is 6.54 Å². The highest BCUT2D eigenvalue weighted by atomic mass is 16.6. The van der Waals surface area contributed by atoms with Crippen LogP contribution in [-0.4, -0.2) is 49.5 Å². The molecule has 6 heteroatoms. The minimum Gasteiger partial charge on any atom is -0.444 e. The van der Waals surface area contributed by atoms with Crippen LogP contribution in [-0.2, 0) is 9.53 Å². The first-order valence-corrected chi connectivity index (χ1v) is 4.91. The van der Waals surface area contributed by atoms with Crippen LogP contribution in [0.2, 0.25) is 0 Å². The highest BCUT2D eigenvalue weighted by Crippen LogP contribution is 2.05. The van der Waals surface area contributed by atoms with Gasteiger partial charge in [0.15, 0.2) is 0 Å². The molecular weight excluding hydrogens is 210 g/mol. The van der Waals surface area contributed by atoms with Crippen LogP contribution in [0.3, 0.4) is 0 Å². The molecule has 0 aliphatic carbocycles. The van der Waals surface area contributed by atoms with E-state index in [1.807, 2.05) is 0 Å². The summed E-state index contributed by atoms with van der Waals surface area (Å²) in [6, 6.07) is 0. The van der Waals surface area contributed by atoms with Crippen molar-refractivity contribution in [3.05, 3.63) is 0 Å². The first kappa shape index (κ1) is 14.4. The van der Waals surface area contributed by atoms with Crippen molar-refractivity contribution in [3.8, 4) is 0 Å². The third kappa shape index (κ3) is 8.98. The first-order valence-electron chi connectivity index (χ1n) is 4.91. The number of alkyl carbamates (subject to hydrolysis) is 1. The van der Waals surface area contributed by atoms with Gasteiger partial charge in [-0.25, -0.2) is 9.79 Å². The maximum atomic E-state index is 11.2. The molecule has 92 valence electrons. The fourth-order valence-electron chi connectivity index (χ4n) is 0.687.